The largest absolute Gasteiger partial charge is 0.398 e. The Labute approximate surface area is 110 Å². The minimum Gasteiger partial charge on any atom is -0.398 e. The Bertz CT molecular complexity index is 562. The van der Waals surface area contributed by atoms with Crippen molar-refractivity contribution in [2.75, 3.05) is 11.5 Å². The molecule has 0 spiro atoms. The Hall–Kier alpha value is -1.27. The van der Waals surface area contributed by atoms with E-state index in [1.807, 2.05) is 0 Å². The smallest absolute Gasteiger partial charge is 0.235 e. The third kappa shape index (κ3) is 2.94. The molecule has 2 rings (SSSR count). The Morgan fingerprint density at radius 2 is 2.11 bits per heavy atom. The fraction of sp³-hybridized carbons (Fsp3) is 0.364. The molecule has 1 aliphatic carbocycles. The van der Waals surface area contributed by atoms with Crippen LogP contribution in [0, 0.1) is 0 Å². The number of carbonyl (C=O) groups excluding carboxylic acids is 1. The first-order chi connectivity index (χ1) is 8.40. The molecule has 7 heteroatoms. The van der Waals surface area contributed by atoms with E-state index in [9.17, 15) is 13.2 Å². The summed E-state index contributed by atoms with van der Waals surface area (Å²) in [6.45, 7) is 0. The van der Waals surface area contributed by atoms with Crippen LogP contribution in [0.1, 0.15) is 12.8 Å². The number of benzene rings is 1. The van der Waals surface area contributed by atoms with Crippen molar-refractivity contribution in [3.8, 4) is 0 Å². The Morgan fingerprint density at radius 3 is 2.67 bits per heavy atom. The average Bonchev–Trinajstić information content (AvgIpc) is 2.99. The molecule has 1 saturated carbocycles. The maximum atomic E-state index is 12.1. The molecule has 1 amide bonds. The van der Waals surface area contributed by atoms with Crippen molar-refractivity contribution < 1.29 is 13.2 Å². The summed E-state index contributed by atoms with van der Waals surface area (Å²) >= 11 is 5.82. The number of nitrogen functional groups attached to an aromatic ring is 1. The zero-order valence-electron chi connectivity index (χ0n) is 9.52. The van der Waals surface area contributed by atoms with Crippen LogP contribution in [0.4, 0.5) is 5.69 Å². The first-order valence-corrected chi connectivity index (χ1v) is 7.49. The van der Waals surface area contributed by atoms with E-state index in [0.29, 0.717) is 0 Å². The van der Waals surface area contributed by atoms with Crippen LogP contribution in [0.3, 0.4) is 0 Å². The maximum absolute atomic E-state index is 12.1. The molecular weight excluding hydrogens is 276 g/mol. The number of hydrogen-bond donors (Lipinski definition) is 2. The lowest BCUT2D eigenvalue weighted by atomic mass is 10.3. The average molecular weight is 289 g/mol. The predicted octanol–water partition coefficient (Wildman–Crippen LogP) is 0.975. The molecule has 0 saturated heterocycles. The number of sulfone groups is 1. The summed E-state index contributed by atoms with van der Waals surface area (Å²) < 4.78 is 24.1. The summed E-state index contributed by atoms with van der Waals surface area (Å²) in [7, 11) is -3.81. The number of anilines is 1. The highest BCUT2D eigenvalue weighted by atomic mass is 35.5. The highest BCUT2D eigenvalue weighted by Crippen LogP contribution is 2.28. The molecule has 1 aromatic rings. The number of hydrogen-bond acceptors (Lipinski definition) is 4. The summed E-state index contributed by atoms with van der Waals surface area (Å²) in [6, 6.07) is 4.55. The lowest BCUT2D eigenvalue weighted by molar-refractivity contribution is -0.118. The zero-order chi connectivity index (χ0) is 13.3. The van der Waals surface area contributed by atoms with E-state index in [1.54, 1.807) is 6.07 Å². The molecule has 1 aromatic carbocycles. The maximum Gasteiger partial charge on any atom is 0.235 e. The molecule has 1 fully saturated rings. The van der Waals surface area contributed by atoms with Crippen LogP contribution in [-0.4, -0.2) is 26.1 Å². The first kappa shape index (κ1) is 13.2. The molecule has 18 heavy (non-hydrogen) atoms. The SMILES string of the molecule is Nc1cccc(Cl)c1S(=O)(=O)CC(=O)NC1CC1. The summed E-state index contributed by atoms with van der Waals surface area (Å²) in [5, 5.41) is 2.65. The lowest BCUT2D eigenvalue weighted by Gasteiger charge is -2.09. The summed E-state index contributed by atoms with van der Waals surface area (Å²) in [4.78, 5) is 11.4. The quantitative estimate of drug-likeness (QED) is 0.808. The van der Waals surface area contributed by atoms with Gasteiger partial charge in [-0.25, -0.2) is 8.42 Å². The van der Waals surface area contributed by atoms with E-state index >= 15 is 0 Å². The van der Waals surface area contributed by atoms with Gasteiger partial charge in [0.05, 0.1) is 10.7 Å². The molecule has 0 unspecified atom stereocenters. The zero-order valence-corrected chi connectivity index (χ0v) is 11.1. The van der Waals surface area contributed by atoms with Gasteiger partial charge in [0.2, 0.25) is 5.91 Å². The van der Waals surface area contributed by atoms with Crippen molar-refractivity contribution in [2.24, 2.45) is 0 Å². The van der Waals surface area contributed by atoms with E-state index in [2.05, 4.69) is 5.32 Å². The fourth-order valence-electron chi connectivity index (χ4n) is 1.60. The minimum atomic E-state index is -3.81. The van der Waals surface area contributed by atoms with Crippen molar-refractivity contribution in [2.45, 2.75) is 23.8 Å². The van der Waals surface area contributed by atoms with Crippen LogP contribution in [0.2, 0.25) is 5.02 Å². The molecule has 3 N–H and O–H groups in total. The van der Waals surface area contributed by atoms with Crippen LogP contribution >= 0.6 is 11.6 Å². The van der Waals surface area contributed by atoms with Crippen molar-refractivity contribution in [1.82, 2.24) is 5.32 Å². The molecule has 0 aliphatic heterocycles. The third-order valence-corrected chi connectivity index (χ3v) is 4.72. The number of nitrogens with one attached hydrogen (secondary N) is 1. The molecule has 1 aliphatic rings. The van der Waals surface area contributed by atoms with E-state index in [1.165, 1.54) is 12.1 Å². The summed E-state index contributed by atoms with van der Waals surface area (Å²) in [6.07, 6.45) is 1.81. The van der Waals surface area contributed by atoms with Gasteiger partial charge in [-0.1, -0.05) is 17.7 Å². The molecule has 5 nitrogen and oxygen atoms in total. The molecular formula is C11H13ClN2O3S. The van der Waals surface area contributed by atoms with Crippen LogP contribution in [0.15, 0.2) is 23.1 Å². The van der Waals surface area contributed by atoms with Gasteiger partial charge in [-0.15, -0.1) is 0 Å². The second-order valence-corrected chi connectivity index (χ2v) is 6.59. The number of amides is 1. The van der Waals surface area contributed by atoms with Crippen molar-refractivity contribution in [1.29, 1.82) is 0 Å². The van der Waals surface area contributed by atoms with Gasteiger partial charge in [-0.05, 0) is 25.0 Å². The van der Waals surface area contributed by atoms with Crippen molar-refractivity contribution >= 4 is 33.0 Å². The highest BCUT2D eigenvalue weighted by molar-refractivity contribution is 7.92. The van der Waals surface area contributed by atoms with E-state index in [0.717, 1.165) is 12.8 Å². The predicted molar refractivity (Wildman–Crippen MR) is 69.1 cm³/mol. The Balaban J connectivity index is 2.21. The number of carbonyl (C=O) groups is 1. The molecule has 0 aromatic heterocycles. The van der Waals surface area contributed by atoms with Crippen LogP contribution in [0.25, 0.3) is 0 Å². The summed E-state index contributed by atoms with van der Waals surface area (Å²) in [5.41, 5.74) is 5.66. The van der Waals surface area contributed by atoms with Gasteiger partial charge < -0.3 is 11.1 Å². The van der Waals surface area contributed by atoms with Gasteiger partial charge in [0.25, 0.3) is 0 Å². The first-order valence-electron chi connectivity index (χ1n) is 5.46. The van der Waals surface area contributed by atoms with Crippen LogP contribution < -0.4 is 11.1 Å². The Kier molecular flexibility index (Phi) is 3.49. The third-order valence-electron chi connectivity index (χ3n) is 2.57. The monoisotopic (exact) mass is 288 g/mol. The minimum absolute atomic E-state index is 0.0363. The molecule has 0 heterocycles. The van der Waals surface area contributed by atoms with E-state index in [-0.39, 0.29) is 21.6 Å². The fourth-order valence-corrected chi connectivity index (χ4v) is 3.50. The summed E-state index contributed by atoms with van der Waals surface area (Å²) in [5.74, 6) is -1.14. The van der Waals surface area contributed by atoms with Gasteiger partial charge in [-0.2, -0.15) is 0 Å². The topological polar surface area (TPSA) is 89.3 Å². The van der Waals surface area contributed by atoms with E-state index < -0.39 is 21.5 Å². The molecule has 0 atom stereocenters. The number of halogens is 1. The van der Waals surface area contributed by atoms with Gasteiger partial charge in [-0.3, -0.25) is 4.79 Å². The van der Waals surface area contributed by atoms with Crippen LogP contribution in [0.5, 0.6) is 0 Å². The van der Waals surface area contributed by atoms with E-state index in [4.69, 9.17) is 17.3 Å². The standard InChI is InChI=1S/C11H13ClN2O3S/c12-8-2-1-3-9(13)11(8)18(16,17)6-10(15)14-7-4-5-7/h1-3,7H,4-6,13H2,(H,14,15). The van der Waals surface area contributed by atoms with Crippen molar-refractivity contribution in [3.63, 3.8) is 0 Å². The number of rotatable bonds is 4. The Morgan fingerprint density at radius 1 is 1.44 bits per heavy atom. The van der Waals surface area contributed by atoms with Crippen molar-refractivity contribution in [3.05, 3.63) is 23.2 Å². The second-order valence-electron chi connectivity index (χ2n) is 4.26. The van der Waals surface area contributed by atoms with Gasteiger partial charge >= 0.3 is 0 Å². The highest BCUT2D eigenvalue weighted by Gasteiger charge is 2.28. The van der Waals surface area contributed by atoms with Gasteiger partial charge in [0.15, 0.2) is 9.84 Å². The van der Waals surface area contributed by atoms with Gasteiger partial charge in [0, 0.05) is 6.04 Å². The number of nitrogens with two attached hydrogens (primary N) is 1. The second kappa shape index (κ2) is 4.78. The molecule has 0 bridgehead atoms. The molecule has 0 radical (unpaired) electrons. The van der Waals surface area contributed by atoms with Crippen LogP contribution in [-0.2, 0) is 14.6 Å². The molecule has 98 valence electrons. The van der Waals surface area contributed by atoms with Gasteiger partial charge in [0.1, 0.15) is 10.6 Å². The lowest BCUT2D eigenvalue weighted by Crippen LogP contribution is -2.32. The normalized spacial score (nSPS) is 15.4.